The van der Waals surface area contributed by atoms with Crippen molar-refractivity contribution in [3.05, 3.63) is 34.9 Å². The minimum absolute atomic E-state index is 0.187. The molecule has 0 heterocycles. The van der Waals surface area contributed by atoms with Crippen molar-refractivity contribution in [3.8, 4) is 0 Å². The highest BCUT2D eigenvalue weighted by atomic mass is 16.6. The molecule has 0 spiro atoms. The van der Waals surface area contributed by atoms with Crippen molar-refractivity contribution >= 4 is 6.09 Å². The monoisotopic (exact) mass is 318 g/mol. The van der Waals surface area contributed by atoms with Crippen LogP contribution in [0.4, 0.5) is 4.79 Å². The van der Waals surface area contributed by atoms with Gasteiger partial charge in [-0.2, -0.15) is 0 Å². The lowest BCUT2D eigenvalue weighted by Crippen LogP contribution is -2.41. The van der Waals surface area contributed by atoms with E-state index in [1.54, 1.807) is 0 Å². The number of nitrogens with one attached hydrogen (secondary N) is 1. The molecule has 1 fully saturated rings. The Balaban J connectivity index is 1.79. The summed E-state index contributed by atoms with van der Waals surface area (Å²) in [5, 5.41) is 3.44. The number of aryl methyl sites for hydroxylation is 2. The number of rotatable bonds is 6. The minimum Gasteiger partial charge on any atom is -0.444 e. The Hall–Kier alpha value is -1.55. The fourth-order valence-corrected chi connectivity index (χ4v) is 2.73. The first-order chi connectivity index (χ1) is 10.7. The molecule has 4 nitrogen and oxygen atoms in total. The molecule has 2 rings (SSSR count). The highest BCUT2D eigenvalue weighted by Gasteiger charge is 2.34. The van der Waals surface area contributed by atoms with E-state index in [9.17, 15) is 4.79 Å². The van der Waals surface area contributed by atoms with E-state index in [0.29, 0.717) is 12.6 Å². The highest BCUT2D eigenvalue weighted by Crippen LogP contribution is 2.28. The van der Waals surface area contributed by atoms with Gasteiger partial charge < -0.3 is 15.0 Å². The number of nitrogens with zero attached hydrogens (tertiary/aromatic N) is 1. The van der Waals surface area contributed by atoms with Gasteiger partial charge >= 0.3 is 6.09 Å². The predicted molar refractivity (Wildman–Crippen MR) is 93.6 cm³/mol. The molecule has 0 bridgehead atoms. The van der Waals surface area contributed by atoms with E-state index >= 15 is 0 Å². The van der Waals surface area contributed by atoms with Gasteiger partial charge in [-0.3, -0.25) is 0 Å². The van der Waals surface area contributed by atoms with Crippen LogP contribution < -0.4 is 5.32 Å². The maximum absolute atomic E-state index is 12.3. The third kappa shape index (κ3) is 6.22. The van der Waals surface area contributed by atoms with E-state index in [0.717, 1.165) is 25.9 Å². The predicted octanol–water partition coefficient (Wildman–Crippen LogP) is 3.79. The molecule has 1 aliphatic carbocycles. The Morgan fingerprint density at radius 1 is 1.22 bits per heavy atom. The van der Waals surface area contributed by atoms with Crippen molar-refractivity contribution < 1.29 is 9.53 Å². The summed E-state index contributed by atoms with van der Waals surface area (Å²) in [6, 6.07) is 6.95. The van der Waals surface area contributed by atoms with Crippen LogP contribution in [0.5, 0.6) is 0 Å². The van der Waals surface area contributed by atoms with Crippen molar-refractivity contribution in [1.29, 1.82) is 0 Å². The maximum Gasteiger partial charge on any atom is 0.410 e. The van der Waals surface area contributed by atoms with Crippen LogP contribution in [0.15, 0.2) is 18.2 Å². The minimum atomic E-state index is -0.434. The molecule has 23 heavy (non-hydrogen) atoms. The fraction of sp³-hybridized carbons (Fsp3) is 0.632. The number of ether oxygens (including phenoxy) is 1. The maximum atomic E-state index is 12.3. The zero-order valence-corrected chi connectivity index (χ0v) is 15.1. The normalized spacial score (nSPS) is 14.7. The van der Waals surface area contributed by atoms with Gasteiger partial charge in [0.25, 0.3) is 0 Å². The second-order valence-corrected chi connectivity index (χ2v) is 7.58. The fourth-order valence-electron chi connectivity index (χ4n) is 2.73. The topological polar surface area (TPSA) is 41.6 Å². The second-order valence-electron chi connectivity index (χ2n) is 7.58. The highest BCUT2D eigenvalue weighted by molar-refractivity contribution is 5.69. The average Bonchev–Trinajstić information content (AvgIpc) is 3.19. The summed E-state index contributed by atoms with van der Waals surface area (Å²) in [6.45, 7) is 12.3. The smallest absolute Gasteiger partial charge is 0.410 e. The molecule has 128 valence electrons. The van der Waals surface area contributed by atoms with Crippen molar-refractivity contribution in [1.82, 2.24) is 10.2 Å². The first-order valence-electron chi connectivity index (χ1n) is 8.52. The molecule has 0 saturated heterocycles. The van der Waals surface area contributed by atoms with Gasteiger partial charge in [0.05, 0.1) is 0 Å². The lowest BCUT2D eigenvalue weighted by molar-refractivity contribution is 0.0236. The third-order valence-corrected chi connectivity index (χ3v) is 3.76. The number of carbonyl (C=O) groups is 1. The summed E-state index contributed by atoms with van der Waals surface area (Å²) in [4.78, 5) is 14.1. The molecular weight excluding hydrogens is 288 g/mol. The molecule has 1 aliphatic rings. The largest absolute Gasteiger partial charge is 0.444 e. The van der Waals surface area contributed by atoms with Crippen LogP contribution in [0.25, 0.3) is 0 Å². The van der Waals surface area contributed by atoms with Crippen LogP contribution in [-0.2, 0) is 11.3 Å². The van der Waals surface area contributed by atoms with Gasteiger partial charge in [0.2, 0.25) is 0 Å². The quantitative estimate of drug-likeness (QED) is 0.811. The van der Waals surface area contributed by atoms with Gasteiger partial charge in [-0.25, -0.2) is 4.79 Å². The summed E-state index contributed by atoms with van der Waals surface area (Å²) in [6.07, 6.45) is 2.00. The van der Waals surface area contributed by atoms with Gasteiger partial charge in [-0.1, -0.05) is 29.3 Å². The number of benzene rings is 1. The SMILES string of the molecule is Cc1cc(C)cc(CNCCN(C(=O)OC(C)(C)C)C2CC2)c1. The van der Waals surface area contributed by atoms with Crippen LogP contribution in [0.2, 0.25) is 0 Å². The van der Waals surface area contributed by atoms with Crippen molar-refractivity contribution in [2.75, 3.05) is 13.1 Å². The van der Waals surface area contributed by atoms with E-state index in [-0.39, 0.29) is 6.09 Å². The van der Waals surface area contributed by atoms with E-state index < -0.39 is 5.60 Å². The van der Waals surface area contributed by atoms with Crippen molar-refractivity contribution in [3.63, 3.8) is 0 Å². The number of hydrogen-bond donors (Lipinski definition) is 1. The average molecular weight is 318 g/mol. The van der Waals surface area contributed by atoms with E-state index in [1.807, 2.05) is 25.7 Å². The van der Waals surface area contributed by atoms with E-state index in [4.69, 9.17) is 4.74 Å². The van der Waals surface area contributed by atoms with Crippen LogP contribution in [0.1, 0.15) is 50.3 Å². The molecule has 0 unspecified atom stereocenters. The Bertz CT molecular complexity index is 525. The van der Waals surface area contributed by atoms with Gasteiger partial charge in [0.1, 0.15) is 5.60 Å². The molecule has 0 aromatic heterocycles. The number of amides is 1. The van der Waals surface area contributed by atoms with Crippen molar-refractivity contribution in [2.45, 2.75) is 65.6 Å². The van der Waals surface area contributed by atoms with E-state index in [1.165, 1.54) is 16.7 Å². The summed E-state index contributed by atoms with van der Waals surface area (Å²) < 4.78 is 5.51. The molecule has 1 saturated carbocycles. The molecule has 0 radical (unpaired) electrons. The standard InChI is InChI=1S/C19H30N2O2/c1-14-10-15(2)12-16(11-14)13-20-8-9-21(17-6-7-17)18(22)23-19(3,4)5/h10-12,17,20H,6-9,13H2,1-5H3. The molecule has 4 heteroatoms. The summed E-state index contributed by atoms with van der Waals surface area (Å²) in [7, 11) is 0. The summed E-state index contributed by atoms with van der Waals surface area (Å²) in [5.41, 5.74) is 3.43. The molecule has 1 N–H and O–H groups in total. The zero-order chi connectivity index (χ0) is 17.0. The van der Waals surface area contributed by atoms with Gasteiger partial charge in [-0.05, 0) is 53.0 Å². The summed E-state index contributed by atoms with van der Waals surface area (Å²) >= 11 is 0. The Morgan fingerprint density at radius 3 is 2.35 bits per heavy atom. The van der Waals surface area contributed by atoms with Gasteiger partial charge in [0.15, 0.2) is 0 Å². The third-order valence-electron chi connectivity index (χ3n) is 3.76. The Labute approximate surface area is 140 Å². The lowest BCUT2D eigenvalue weighted by atomic mass is 10.1. The zero-order valence-electron chi connectivity index (χ0n) is 15.1. The first-order valence-corrected chi connectivity index (χ1v) is 8.52. The summed E-state index contributed by atoms with van der Waals surface area (Å²) in [5.74, 6) is 0. The second kappa shape index (κ2) is 7.35. The van der Waals surface area contributed by atoms with Gasteiger partial charge in [-0.15, -0.1) is 0 Å². The Morgan fingerprint density at radius 2 is 1.83 bits per heavy atom. The number of hydrogen-bond acceptors (Lipinski definition) is 3. The molecule has 1 aromatic rings. The molecule has 0 atom stereocenters. The first kappa shape index (κ1) is 17.8. The van der Waals surface area contributed by atoms with Crippen LogP contribution in [-0.4, -0.2) is 35.7 Å². The molecular formula is C19H30N2O2. The van der Waals surface area contributed by atoms with Crippen LogP contribution in [0.3, 0.4) is 0 Å². The Kier molecular flexibility index (Phi) is 5.69. The van der Waals surface area contributed by atoms with Crippen LogP contribution in [0, 0.1) is 13.8 Å². The molecule has 0 aliphatic heterocycles. The lowest BCUT2D eigenvalue weighted by Gasteiger charge is -2.27. The molecule has 1 aromatic carbocycles. The van der Waals surface area contributed by atoms with Gasteiger partial charge in [0, 0.05) is 25.7 Å². The van der Waals surface area contributed by atoms with E-state index in [2.05, 4.69) is 37.4 Å². The number of carbonyl (C=O) groups excluding carboxylic acids is 1. The van der Waals surface area contributed by atoms with Crippen LogP contribution >= 0.6 is 0 Å². The van der Waals surface area contributed by atoms with Crippen molar-refractivity contribution in [2.24, 2.45) is 0 Å². The molecule has 1 amide bonds.